The summed E-state index contributed by atoms with van der Waals surface area (Å²) >= 11 is 0. The molecule has 0 aliphatic rings. The van der Waals surface area contributed by atoms with Crippen molar-refractivity contribution in [2.75, 3.05) is 0 Å². The van der Waals surface area contributed by atoms with Crippen molar-refractivity contribution in [3.05, 3.63) is 29.8 Å². The number of pyridine rings is 1. The number of unbranched alkanes of at least 4 members (excludes halogenated alkanes) is 2. The monoisotopic (exact) mass is 211 g/mol. The van der Waals surface area contributed by atoms with E-state index in [-0.39, 0.29) is 11.9 Å². The van der Waals surface area contributed by atoms with Gasteiger partial charge in [0.25, 0.3) is 0 Å². The number of nitrogens with one attached hydrogen (secondary N) is 1. The summed E-state index contributed by atoms with van der Waals surface area (Å²) in [6.45, 7) is 2.13. The second kappa shape index (κ2) is 6.48. The first-order valence-electron chi connectivity index (χ1n) is 5.36. The number of nitrogens with zero attached hydrogens (tertiary/aromatic N) is 1. The third-order valence-corrected chi connectivity index (χ3v) is 2.41. The molecule has 15 heavy (non-hydrogen) atoms. The number of rotatable bonds is 6. The van der Waals surface area contributed by atoms with Crippen molar-refractivity contribution in [1.82, 2.24) is 10.4 Å². The Morgan fingerprint density at radius 2 is 2.33 bits per heavy atom. The summed E-state index contributed by atoms with van der Waals surface area (Å²) in [7, 11) is 0. The summed E-state index contributed by atoms with van der Waals surface area (Å²) in [4.78, 5) is 4.01. The standard InChI is InChI=1S/C11H18FN3/c1-2-3-4-7-10(15-13)11-9(12)6-5-8-14-11/h5-6,8,10,15H,2-4,7,13H2,1H3. The maximum absolute atomic E-state index is 13.4. The van der Waals surface area contributed by atoms with Gasteiger partial charge in [-0.2, -0.15) is 0 Å². The average molecular weight is 211 g/mol. The molecule has 0 saturated carbocycles. The molecule has 1 aromatic heterocycles. The summed E-state index contributed by atoms with van der Waals surface area (Å²) in [5.74, 6) is 5.10. The number of hydrogen-bond donors (Lipinski definition) is 2. The predicted molar refractivity (Wildman–Crippen MR) is 58.4 cm³/mol. The van der Waals surface area contributed by atoms with E-state index in [0.29, 0.717) is 5.69 Å². The van der Waals surface area contributed by atoms with E-state index in [4.69, 9.17) is 5.84 Å². The highest BCUT2D eigenvalue weighted by Gasteiger charge is 2.14. The predicted octanol–water partition coefficient (Wildman–Crippen LogP) is 2.31. The first-order valence-corrected chi connectivity index (χ1v) is 5.36. The number of aromatic nitrogens is 1. The topological polar surface area (TPSA) is 50.9 Å². The molecule has 1 rings (SSSR count). The zero-order valence-electron chi connectivity index (χ0n) is 9.04. The lowest BCUT2D eigenvalue weighted by Crippen LogP contribution is -2.29. The molecule has 0 aromatic carbocycles. The number of hydrogen-bond acceptors (Lipinski definition) is 3. The second-order valence-electron chi connectivity index (χ2n) is 3.59. The van der Waals surface area contributed by atoms with Crippen molar-refractivity contribution in [2.24, 2.45) is 5.84 Å². The molecule has 0 aliphatic heterocycles. The maximum Gasteiger partial charge on any atom is 0.146 e. The first-order chi connectivity index (χ1) is 7.29. The molecule has 0 bridgehead atoms. The molecule has 0 fully saturated rings. The van der Waals surface area contributed by atoms with Gasteiger partial charge in [0.2, 0.25) is 0 Å². The zero-order valence-corrected chi connectivity index (χ0v) is 9.04. The van der Waals surface area contributed by atoms with Crippen molar-refractivity contribution in [3.63, 3.8) is 0 Å². The van der Waals surface area contributed by atoms with Crippen molar-refractivity contribution in [2.45, 2.75) is 38.6 Å². The molecule has 0 saturated heterocycles. The molecular formula is C11H18FN3. The van der Waals surface area contributed by atoms with Crippen LogP contribution in [-0.4, -0.2) is 4.98 Å². The van der Waals surface area contributed by atoms with Crippen LogP contribution < -0.4 is 11.3 Å². The average Bonchev–Trinajstić information content (AvgIpc) is 2.26. The summed E-state index contributed by atoms with van der Waals surface area (Å²) in [5.41, 5.74) is 3.03. The van der Waals surface area contributed by atoms with Crippen molar-refractivity contribution < 1.29 is 4.39 Å². The molecule has 0 spiro atoms. The SMILES string of the molecule is CCCCCC(NN)c1ncccc1F. The van der Waals surface area contributed by atoms with E-state index in [1.165, 1.54) is 6.07 Å². The highest BCUT2D eigenvalue weighted by molar-refractivity contribution is 5.11. The van der Waals surface area contributed by atoms with Gasteiger partial charge in [-0.05, 0) is 18.6 Å². The minimum atomic E-state index is -0.294. The van der Waals surface area contributed by atoms with E-state index < -0.39 is 0 Å². The minimum Gasteiger partial charge on any atom is -0.271 e. The molecule has 1 aromatic rings. The summed E-state index contributed by atoms with van der Waals surface area (Å²) in [6.07, 6.45) is 5.71. The van der Waals surface area contributed by atoms with Crippen LogP contribution in [0.3, 0.4) is 0 Å². The van der Waals surface area contributed by atoms with Crippen LogP contribution in [0.15, 0.2) is 18.3 Å². The van der Waals surface area contributed by atoms with Gasteiger partial charge in [-0.3, -0.25) is 16.3 Å². The maximum atomic E-state index is 13.4. The third-order valence-electron chi connectivity index (χ3n) is 2.41. The molecule has 3 N–H and O–H groups in total. The molecule has 0 amide bonds. The van der Waals surface area contributed by atoms with Gasteiger partial charge in [0.1, 0.15) is 5.82 Å². The molecule has 1 heterocycles. The fourth-order valence-electron chi connectivity index (χ4n) is 1.55. The van der Waals surface area contributed by atoms with Gasteiger partial charge in [-0.15, -0.1) is 0 Å². The zero-order chi connectivity index (χ0) is 11.1. The van der Waals surface area contributed by atoms with Crippen LogP contribution in [-0.2, 0) is 0 Å². The van der Waals surface area contributed by atoms with Crippen LogP contribution in [0.4, 0.5) is 4.39 Å². The van der Waals surface area contributed by atoms with E-state index >= 15 is 0 Å². The van der Waals surface area contributed by atoms with Crippen LogP contribution in [0, 0.1) is 5.82 Å². The molecule has 84 valence electrons. The Morgan fingerprint density at radius 1 is 1.53 bits per heavy atom. The summed E-state index contributed by atoms with van der Waals surface area (Å²) < 4.78 is 13.4. The lowest BCUT2D eigenvalue weighted by molar-refractivity contribution is 0.452. The van der Waals surface area contributed by atoms with Crippen LogP contribution in [0.1, 0.15) is 44.3 Å². The van der Waals surface area contributed by atoms with Crippen LogP contribution in [0.25, 0.3) is 0 Å². The Kier molecular flexibility index (Phi) is 5.21. The lowest BCUT2D eigenvalue weighted by atomic mass is 10.1. The van der Waals surface area contributed by atoms with Gasteiger partial charge in [0.15, 0.2) is 0 Å². The normalized spacial score (nSPS) is 12.7. The van der Waals surface area contributed by atoms with E-state index in [2.05, 4.69) is 17.3 Å². The summed E-state index contributed by atoms with van der Waals surface area (Å²) in [5, 5.41) is 0. The Morgan fingerprint density at radius 3 is 2.93 bits per heavy atom. The van der Waals surface area contributed by atoms with E-state index in [9.17, 15) is 4.39 Å². The third kappa shape index (κ3) is 3.57. The van der Waals surface area contributed by atoms with Crippen molar-refractivity contribution >= 4 is 0 Å². The highest BCUT2D eigenvalue weighted by atomic mass is 19.1. The van der Waals surface area contributed by atoms with Crippen molar-refractivity contribution in [3.8, 4) is 0 Å². The number of halogens is 1. The molecule has 1 unspecified atom stereocenters. The fourth-order valence-corrected chi connectivity index (χ4v) is 1.55. The van der Waals surface area contributed by atoms with Gasteiger partial charge in [-0.25, -0.2) is 4.39 Å². The number of nitrogens with two attached hydrogens (primary N) is 1. The fraction of sp³-hybridized carbons (Fsp3) is 0.545. The molecule has 0 aliphatic carbocycles. The molecule has 1 atom stereocenters. The van der Waals surface area contributed by atoms with Crippen molar-refractivity contribution in [1.29, 1.82) is 0 Å². The molecular weight excluding hydrogens is 193 g/mol. The molecule has 4 heteroatoms. The van der Waals surface area contributed by atoms with Crippen LogP contribution >= 0.6 is 0 Å². The van der Waals surface area contributed by atoms with E-state index in [0.717, 1.165) is 25.7 Å². The van der Waals surface area contributed by atoms with Crippen LogP contribution in [0.2, 0.25) is 0 Å². The van der Waals surface area contributed by atoms with Gasteiger partial charge >= 0.3 is 0 Å². The number of hydrazine groups is 1. The van der Waals surface area contributed by atoms with Gasteiger partial charge < -0.3 is 0 Å². The summed E-state index contributed by atoms with van der Waals surface area (Å²) in [6, 6.07) is 2.81. The smallest absolute Gasteiger partial charge is 0.146 e. The van der Waals surface area contributed by atoms with Gasteiger partial charge in [0, 0.05) is 6.20 Å². The Balaban J connectivity index is 2.61. The molecule has 0 radical (unpaired) electrons. The Bertz CT molecular complexity index is 291. The van der Waals surface area contributed by atoms with Gasteiger partial charge in [-0.1, -0.05) is 26.2 Å². The largest absolute Gasteiger partial charge is 0.271 e. The Labute approximate surface area is 89.9 Å². The van der Waals surface area contributed by atoms with Gasteiger partial charge in [0.05, 0.1) is 11.7 Å². The minimum absolute atomic E-state index is 0.183. The van der Waals surface area contributed by atoms with E-state index in [1.54, 1.807) is 12.3 Å². The molecule has 3 nitrogen and oxygen atoms in total. The second-order valence-corrected chi connectivity index (χ2v) is 3.59. The highest BCUT2D eigenvalue weighted by Crippen LogP contribution is 2.19. The Hall–Kier alpha value is -1.00. The lowest BCUT2D eigenvalue weighted by Gasteiger charge is -2.15. The first kappa shape index (κ1) is 12.1. The van der Waals surface area contributed by atoms with Crippen LogP contribution in [0.5, 0.6) is 0 Å². The quantitative estimate of drug-likeness (QED) is 0.431. The van der Waals surface area contributed by atoms with E-state index in [1.807, 2.05) is 0 Å².